The van der Waals surface area contributed by atoms with E-state index < -0.39 is 11.6 Å². The summed E-state index contributed by atoms with van der Waals surface area (Å²) in [4.78, 5) is 16.1. The number of hydrogen-bond donors (Lipinski definition) is 2. The number of nitrogens with zero attached hydrogens (tertiary/aromatic N) is 1. The number of aromatic nitrogens is 1. The fourth-order valence-corrected chi connectivity index (χ4v) is 3.01. The van der Waals surface area contributed by atoms with Crippen molar-refractivity contribution in [2.24, 2.45) is 5.84 Å². The molecule has 0 saturated carbocycles. The van der Waals surface area contributed by atoms with E-state index in [0.717, 1.165) is 22.8 Å². The maximum atomic E-state index is 13.5. The molecule has 1 heterocycles. The van der Waals surface area contributed by atoms with E-state index in [4.69, 9.17) is 10.6 Å². The molecule has 3 N–H and O–H groups in total. The standard InChI is InChI=1S/C20H18F2N3O2P/c1-11-6-13(2-3-15(11)20(26)25-23)17-7-12(4-5-24-17)10-27-14-8-16(21)19(22)18(28)9-14/h2-9H,10,23,28H2,1H3,(H,25,26). The van der Waals surface area contributed by atoms with Crippen molar-refractivity contribution in [1.29, 1.82) is 0 Å². The Kier molecular flexibility index (Phi) is 5.97. The van der Waals surface area contributed by atoms with Crippen LogP contribution in [0, 0.1) is 18.6 Å². The highest BCUT2D eigenvalue weighted by Crippen LogP contribution is 2.23. The van der Waals surface area contributed by atoms with E-state index in [9.17, 15) is 13.6 Å². The zero-order chi connectivity index (χ0) is 20.3. The highest BCUT2D eigenvalue weighted by atomic mass is 31.0. The van der Waals surface area contributed by atoms with Gasteiger partial charge >= 0.3 is 0 Å². The van der Waals surface area contributed by atoms with Crippen LogP contribution in [0.5, 0.6) is 5.75 Å². The summed E-state index contributed by atoms with van der Waals surface area (Å²) >= 11 is 0. The van der Waals surface area contributed by atoms with Gasteiger partial charge < -0.3 is 4.74 Å². The van der Waals surface area contributed by atoms with Gasteiger partial charge in [0, 0.05) is 28.7 Å². The number of halogens is 2. The number of nitrogens with one attached hydrogen (secondary N) is 1. The quantitative estimate of drug-likeness (QED) is 0.298. The minimum absolute atomic E-state index is 0.0995. The van der Waals surface area contributed by atoms with Crippen LogP contribution in [0.2, 0.25) is 0 Å². The lowest BCUT2D eigenvalue weighted by Crippen LogP contribution is -2.30. The Morgan fingerprint density at radius 3 is 2.68 bits per heavy atom. The molecule has 0 spiro atoms. The van der Waals surface area contributed by atoms with Gasteiger partial charge in [-0.05, 0) is 48.4 Å². The minimum Gasteiger partial charge on any atom is -0.489 e. The first-order valence-corrected chi connectivity index (χ1v) is 8.91. The second kappa shape index (κ2) is 8.42. The number of nitrogen functional groups attached to an aromatic ring is 1. The molecule has 3 rings (SSSR count). The highest BCUT2D eigenvalue weighted by molar-refractivity contribution is 7.27. The van der Waals surface area contributed by atoms with Crippen molar-refractivity contribution in [2.75, 3.05) is 0 Å². The first-order chi connectivity index (χ1) is 13.4. The van der Waals surface area contributed by atoms with Crippen LogP contribution in [-0.4, -0.2) is 10.9 Å². The molecule has 1 amide bonds. The maximum absolute atomic E-state index is 13.5. The average Bonchev–Trinajstić information content (AvgIpc) is 2.70. The first-order valence-electron chi connectivity index (χ1n) is 8.33. The van der Waals surface area contributed by atoms with Gasteiger partial charge in [-0.25, -0.2) is 14.6 Å². The summed E-state index contributed by atoms with van der Waals surface area (Å²) in [7, 11) is 2.13. The third-order valence-corrected chi connectivity index (χ3v) is 4.58. The average molecular weight is 401 g/mol. The molecule has 28 heavy (non-hydrogen) atoms. The number of rotatable bonds is 5. The normalized spacial score (nSPS) is 10.6. The smallest absolute Gasteiger partial charge is 0.265 e. The van der Waals surface area contributed by atoms with Crippen molar-refractivity contribution in [3.8, 4) is 17.0 Å². The summed E-state index contributed by atoms with van der Waals surface area (Å²) in [5.41, 5.74) is 5.69. The molecule has 3 aromatic rings. The molecule has 5 nitrogen and oxygen atoms in total. The van der Waals surface area contributed by atoms with E-state index in [2.05, 4.69) is 19.6 Å². The summed E-state index contributed by atoms with van der Waals surface area (Å²) < 4.78 is 32.4. The summed E-state index contributed by atoms with van der Waals surface area (Å²) in [6.45, 7) is 1.97. The van der Waals surface area contributed by atoms with Crippen molar-refractivity contribution in [2.45, 2.75) is 13.5 Å². The number of carbonyl (C=O) groups is 1. The van der Waals surface area contributed by atoms with Gasteiger partial charge in [0.05, 0.1) is 5.69 Å². The summed E-state index contributed by atoms with van der Waals surface area (Å²) in [6.07, 6.45) is 1.64. The summed E-state index contributed by atoms with van der Waals surface area (Å²) in [5.74, 6) is 3.17. The Morgan fingerprint density at radius 1 is 1.21 bits per heavy atom. The van der Waals surface area contributed by atoms with Crippen LogP contribution in [0.25, 0.3) is 11.3 Å². The molecule has 0 saturated heterocycles. The highest BCUT2D eigenvalue weighted by Gasteiger charge is 2.11. The molecule has 0 fully saturated rings. The molecule has 144 valence electrons. The molecule has 0 aliphatic heterocycles. The van der Waals surface area contributed by atoms with E-state index in [1.54, 1.807) is 24.4 Å². The van der Waals surface area contributed by atoms with Crippen LogP contribution >= 0.6 is 9.24 Å². The second-order valence-corrected chi connectivity index (χ2v) is 6.77. The van der Waals surface area contributed by atoms with Gasteiger partial charge in [0.15, 0.2) is 11.6 Å². The number of pyridine rings is 1. The van der Waals surface area contributed by atoms with Crippen molar-refractivity contribution in [1.82, 2.24) is 10.4 Å². The van der Waals surface area contributed by atoms with E-state index in [0.29, 0.717) is 11.3 Å². The van der Waals surface area contributed by atoms with Crippen molar-refractivity contribution < 1.29 is 18.3 Å². The Morgan fingerprint density at radius 2 is 2.00 bits per heavy atom. The molecule has 2 aromatic carbocycles. The lowest BCUT2D eigenvalue weighted by molar-refractivity contribution is 0.0953. The molecular weight excluding hydrogens is 383 g/mol. The Bertz CT molecular complexity index is 1020. The topological polar surface area (TPSA) is 77.2 Å². The number of aryl methyl sites for hydroxylation is 1. The Labute approximate surface area is 163 Å². The number of nitrogens with two attached hydrogens (primary N) is 1. The van der Waals surface area contributed by atoms with Gasteiger partial charge in [-0.3, -0.25) is 15.2 Å². The zero-order valence-corrected chi connectivity index (χ0v) is 16.2. The molecule has 8 heteroatoms. The number of hydrogen-bond acceptors (Lipinski definition) is 4. The molecule has 0 aliphatic rings. The molecular formula is C20H18F2N3O2P. The molecule has 1 unspecified atom stereocenters. The van der Waals surface area contributed by atoms with Crippen molar-refractivity contribution in [3.05, 3.63) is 77.0 Å². The fourth-order valence-electron chi connectivity index (χ4n) is 2.71. The van der Waals surface area contributed by atoms with E-state index in [-0.39, 0.29) is 23.6 Å². The van der Waals surface area contributed by atoms with Gasteiger partial charge in [0.25, 0.3) is 5.91 Å². The second-order valence-electron chi connectivity index (χ2n) is 6.15. The fraction of sp³-hybridized carbons (Fsp3) is 0.100. The number of ether oxygens (including phenoxy) is 1. The van der Waals surface area contributed by atoms with Crippen LogP contribution < -0.4 is 21.3 Å². The van der Waals surface area contributed by atoms with E-state index in [1.165, 1.54) is 6.07 Å². The van der Waals surface area contributed by atoms with Gasteiger partial charge in [-0.15, -0.1) is 9.24 Å². The van der Waals surface area contributed by atoms with Crippen LogP contribution in [-0.2, 0) is 6.61 Å². The SMILES string of the molecule is Cc1cc(-c2cc(COc3cc(F)c(F)c(P)c3)ccn2)ccc1C(=O)NN. The lowest BCUT2D eigenvalue weighted by atomic mass is 10.0. The van der Waals surface area contributed by atoms with Crippen LogP contribution in [0.15, 0.2) is 48.7 Å². The van der Waals surface area contributed by atoms with E-state index in [1.807, 2.05) is 19.1 Å². The van der Waals surface area contributed by atoms with Gasteiger partial charge in [0.1, 0.15) is 12.4 Å². The number of benzene rings is 2. The van der Waals surface area contributed by atoms with Crippen LogP contribution in [0.3, 0.4) is 0 Å². The number of hydrazine groups is 1. The minimum atomic E-state index is -0.963. The maximum Gasteiger partial charge on any atom is 0.265 e. The molecule has 0 aliphatic carbocycles. The molecule has 1 atom stereocenters. The van der Waals surface area contributed by atoms with Gasteiger partial charge in [-0.1, -0.05) is 6.07 Å². The Hall–Kier alpha value is -2.89. The monoisotopic (exact) mass is 401 g/mol. The lowest BCUT2D eigenvalue weighted by Gasteiger charge is -2.10. The molecule has 0 bridgehead atoms. The number of amides is 1. The van der Waals surface area contributed by atoms with Crippen LogP contribution in [0.4, 0.5) is 8.78 Å². The Balaban J connectivity index is 1.79. The number of carbonyl (C=O) groups excluding carboxylic acids is 1. The molecule has 1 aromatic heterocycles. The third-order valence-electron chi connectivity index (χ3n) is 4.16. The zero-order valence-electron chi connectivity index (χ0n) is 15.0. The summed E-state index contributed by atoms with van der Waals surface area (Å²) in [5, 5.41) is 0.0995. The van der Waals surface area contributed by atoms with Crippen LogP contribution in [0.1, 0.15) is 21.5 Å². The van der Waals surface area contributed by atoms with Crippen molar-refractivity contribution >= 4 is 20.5 Å². The predicted molar refractivity (Wildman–Crippen MR) is 106 cm³/mol. The first kappa shape index (κ1) is 19.9. The van der Waals surface area contributed by atoms with Crippen molar-refractivity contribution in [3.63, 3.8) is 0 Å². The largest absolute Gasteiger partial charge is 0.489 e. The summed E-state index contributed by atoms with van der Waals surface area (Å²) in [6, 6.07) is 11.3. The third kappa shape index (κ3) is 4.32. The van der Waals surface area contributed by atoms with Gasteiger partial charge in [0.2, 0.25) is 0 Å². The van der Waals surface area contributed by atoms with Gasteiger partial charge in [-0.2, -0.15) is 0 Å². The predicted octanol–water partition coefficient (Wildman–Crippen LogP) is 3.02. The molecule has 0 radical (unpaired) electrons. The van der Waals surface area contributed by atoms with E-state index >= 15 is 0 Å².